The molecular formula is C13H14FN3O2. The summed E-state index contributed by atoms with van der Waals surface area (Å²) in [5, 5.41) is 9.93. The van der Waals surface area contributed by atoms with Crippen LogP contribution >= 0.6 is 0 Å². The first-order valence-corrected chi connectivity index (χ1v) is 5.65. The van der Waals surface area contributed by atoms with Crippen molar-refractivity contribution in [3.63, 3.8) is 0 Å². The molecule has 0 amide bonds. The van der Waals surface area contributed by atoms with Gasteiger partial charge in [-0.25, -0.2) is 9.38 Å². The highest BCUT2D eigenvalue weighted by atomic mass is 19.1. The number of rotatable bonds is 2. The Bertz CT molecular complexity index is 583. The summed E-state index contributed by atoms with van der Waals surface area (Å²) in [7, 11) is 1.40. The number of nitrogens with zero attached hydrogens (tertiary/aromatic N) is 2. The van der Waals surface area contributed by atoms with Gasteiger partial charge < -0.3 is 15.6 Å². The normalized spacial score (nSPS) is 15.2. The third kappa shape index (κ3) is 2.57. The monoisotopic (exact) mass is 263 g/mol. The van der Waals surface area contributed by atoms with Gasteiger partial charge in [0.15, 0.2) is 0 Å². The fourth-order valence-corrected chi connectivity index (χ4v) is 1.82. The summed E-state index contributed by atoms with van der Waals surface area (Å²) < 4.78 is 18.9. The number of methoxy groups -OCH3 is 1. The van der Waals surface area contributed by atoms with Gasteiger partial charge in [-0.1, -0.05) is 0 Å². The molecule has 1 heterocycles. The minimum atomic E-state index is -0.620. The lowest BCUT2D eigenvalue weighted by Crippen LogP contribution is -2.15. The number of phenolic OH excluding ortho intramolecular Hbond substituents is 1. The highest BCUT2D eigenvalue weighted by Gasteiger charge is 2.19. The van der Waals surface area contributed by atoms with E-state index < -0.39 is 5.82 Å². The van der Waals surface area contributed by atoms with Gasteiger partial charge in [0.2, 0.25) is 0 Å². The van der Waals surface area contributed by atoms with Gasteiger partial charge in [-0.3, -0.25) is 4.99 Å². The first-order valence-electron chi connectivity index (χ1n) is 5.65. The van der Waals surface area contributed by atoms with Crippen LogP contribution in [0.1, 0.15) is 12.5 Å². The van der Waals surface area contributed by atoms with Crippen LogP contribution in [0, 0.1) is 5.82 Å². The van der Waals surface area contributed by atoms with Gasteiger partial charge in [0.25, 0.3) is 0 Å². The van der Waals surface area contributed by atoms with Crippen molar-refractivity contribution in [2.24, 2.45) is 15.7 Å². The van der Waals surface area contributed by atoms with Crippen molar-refractivity contribution in [1.82, 2.24) is 0 Å². The van der Waals surface area contributed by atoms with E-state index in [9.17, 15) is 9.50 Å². The molecule has 0 aliphatic carbocycles. The van der Waals surface area contributed by atoms with E-state index in [1.807, 2.05) is 0 Å². The fourth-order valence-electron chi connectivity index (χ4n) is 1.82. The highest BCUT2D eigenvalue weighted by Crippen LogP contribution is 2.28. The third-order valence-electron chi connectivity index (χ3n) is 2.70. The Morgan fingerprint density at radius 2 is 2.16 bits per heavy atom. The standard InChI is InChI=1S/C13H14FN3O2/c1-7-13(16-4-3-11(15)17-7)12-9(14)5-8(19-2)6-10(12)18/h3,5-6,18H,4,15H2,1-2H3. The van der Waals surface area contributed by atoms with Crippen molar-refractivity contribution in [1.29, 1.82) is 0 Å². The average Bonchev–Trinajstić information content (AvgIpc) is 2.50. The SMILES string of the molecule is COc1cc(O)c(C2=NCC=C(N)N=C2C)c(F)c1. The van der Waals surface area contributed by atoms with E-state index in [0.29, 0.717) is 11.5 Å². The second-order valence-corrected chi connectivity index (χ2v) is 4.02. The maximum absolute atomic E-state index is 14.1. The van der Waals surface area contributed by atoms with E-state index >= 15 is 0 Å². The van der Waals surface area contributed by atoms with Gasteiger partial charge in [-0.05, 0) is 13.0 Å². The van der Waals surface area contributed by atoms with E-state index in [2.05, 4.69) is 9.98 Å². The van der Waals surface area contributed by atoms with E-state index in [-0.39, 0.29) is 29.3 Å². The zero-order chi connectivity index (χ0) is 14.0. The van der Waals surface area contributed by atoms with Crippen molar-refractivity contribution >= 4 is 11.4 Å². The van der Waals surface area contributed by atoms with E-state index in [1.54, 1.807) is 13.0 Å². The van der Waals surface area contributed by atoms with Gasteiger partial charge in [0, 0.05) is 12.1 Å². The van der Waals surface area contributed by atoms with Gasteiger partial charge in [-0.15, -0.1) is 0 Å². The number of hydrogen-bond donors (Lipinski definition) is 2. The summed E-state index contributed by atoms with van der Waals surface area (Å²) >= 11 is 0. The van der Waals surface area contributed by atoms with Gasteiger partial charge in [0.1, 0.15) is 23.1 Å². The molecule has 0 radical (unpaired) electrons. The molecule has 2 rings (SSSR count). The lowest BCUT2D eigenvalue weighted by molar-refractivity contribution is 0.402. The summed E-state index contributed by atoms with van der Waals surface area (Å²) in [6.07, 6.45) is 1.62. The summed E-state index contributed by atoms with van der Waals surface area (Å²) in [6, 6.07) is 2.52. The Hall–Kier alpha value is -2.37. The Morgan fingerprint density at radius 3 is 2.79 bits per heavy atom. The van der Waals surface area contributed by atoms with E-state index in [1.165, 1.54) is 19.2 Å². The van der Waals surface area contributed by atoms with Gasteiger partial charge >= 0.3 is 0 Å². The number of halogens is 1. The zero-order valence-electron chi connectivity index (χ0n) is 10.6. The highest BCUT2D eigenvalue weighted by molar-refractivity contribution is 6.48. The van der Waals surface area contributed by atoms with Crippen molar-refractivity contribution in [3.8, 4) is 11.5 Å². The van der Waals surface area contributed by atoms with Crippen LogP contribution in [0.2, 0.25) is 0 Å². The minimum Gasteiger partial charge on any atom is -0.507 e. The molecule has 1 aliphatic rings. The summed E-state index contributed by atoms with van der Waals surface area (Å²) in [5.41, 5.74) is 6.35. The first kappa shape index (κ1) is 13.1. The molecule has 0 saturated heterocycles. The van der Waals surface area contributed by atoms with Crippen LogP contribution in [0.3, 0.4) is 0 Å². The Kier molecular flexibility index (Phi) is 3.50. The summed E-state index contributed by atoms with van der Waals surface area (Å²) in [4.78, 5) is 8.27. The molecule has 5 nitrogen and oxygen atoms in total. The Morgan fingerprint density at radius 1 is 1.42 bits per heavy atom. The number of benzene rings is 1. The fraction of sp³-hybridized carbons (Fsp3) is 0.231. The molecule has 1 aliphatic heterocycles. The lowest BCUT2D eigenvalue weighted by atomic mass is 10.0. The predicted octanol–water partition coefficient (Wildman–Crippen LogP) is 1.60. The van der Waals surface area contributed by atoms with Gasteiger partial charge in [0.05, 0.1) is 30.6 Å². The van der Waals surface area contributed by atoms with Crippen molar-refractivity contribution in [3.05, 3.63) is 35.4 Å². The number of hydrogen-bond acceptors (Lipinski definition) is 5. The predicted molar refractivity (Wildman–Crippen MR) is 71.4 cm³/mol. The maximum atomic E-state index is 14.1. The van der Waals surface area contributed by atoms with Crippen molar-refractivity contribution < 1.29 is 14.2 Å². The Balaban J connectivity index is 2.54. The van der Waals surface area contributed by atoms with Crippen LogP contribution in [0.4, 0.5) is 4.39 Å². The summed E-state index contributed by atoms with van der Waals surface area (Å²) in [5.74, 6) is -0.305. The molecule has 100 valence electrons. The molecule has 0 atom stereocenters. The van der Waals surface area contributed by atoms with E-state index in [0.717, 1.165) is 0 Å². The number of nitrogens with two attached hydrogens (primary N) is 1. The number of phenols is 1. The van der Waals surface area contributed by atoms with Gasteiger partial charge in [-0.2, -0.15) is 0 Å². The van der Waals surface area contributed by atoms with Crippen molar-refractivity contribution in [2.75, 3.05) is 13.7 Å². The smallest absolute Gasteiger partial charge is 0.140 e. The van der Waals surface area contributed by atoms with Crippen LogP contribution in [-0.4, -0.2) is 30.2 Å². The third-order valence-corrected chi connectivity index (χ3v) is 2.70. The Labute approximate surface area is 109 Å². The maximum Gasteiger partial charge on any atom is 0.140 e. The molecule has 0 aromatic heterocycles. The largest absolute Gasteiger partial charge is 0.507 e. The quantitative estimate of drug-likeness (QED) is 0.850. The lowest BCUT2D eigenvalue weighted by Gasteiger charge is -2.10. The van der Waals surface area contributed by atoms with Crippen LogP contribution in [0.25, 0.3) is 0 Å². The zero-order valence-corrected chi connectivity index (χ0v) is 10.6. The number of ether oxygens (including phenoxy) is 1. The van der Waals surface area contributed by atoms with Crippen LogP contribution in [0.15, 0.2) is 34.0 Å². The molecule has 1 aromatic rings. The molecule has 0 saturated carbocycles. The summed E-state index contributed by atoms with van der Waals surface area (Å²) in [6.45, 7) is 1.95. The first-order chi connectivity index (χ1) is 9.02. The minimum absolute atomic E-state index is 0.00477. The molecule has 0 spiro atoms. The molecule has 0 bridgehead atoms. The second-order valence-electron chi connectivity index (χ2n) is 4.02. The van der Waals surface area contributed by atoms with Crippen LogP contribution in [-0.2, 0) is 0 Å². The molecule has 6 heteroatoms. The second kappa shape index (κ2) is 5.09. The van der Waals surface area contributed by atoms with Crippen LogP contribution in [0.5, 0.6) is 11.5 Å². The molecule has 19 heavy (non-hydrogen) atoms. The topological polar surface area (TPSA) is 80.2 Å². The van der Waals surface area contributed by atoms with E-state index in [4.69, 9.17) is 10.5 Å². The van der Waals surface area contributed by atoms with Crippen molar-refractivity contribution in [2.45, 2.75) is 6.92 Å². The van der Waals surface area contributed by atoms with Crippen LogP contribution < -0.4 is 10.5 Å². The molecule has 1 aromatic carbocycles. The number of aromatic hydroxyl groups is 1. The molecular weight excluding hydrogens is 249 g/mol. The molecule has 0 unspecified atom stereocenters. The number of aliphatic imine (C=N–C) groups is 2. The average molecular weight is 263 g/mol. The molecule has 3 N–H and O–H groups in total. The molecule has 0 fully saturated rings.